The van der Waals surface area contributed by atoms with E-state index in [2.05, 4.69) is 11.1 Å². The maximum absolute atomic E-state index is 12.6. The summed E-state index contributed by atoms with van der Waals surface area (Å²) in [7, 11) is 1.28. The number of esters is 1. The third-order valence-electron chi connectivity index (χ3n) is 4.36. The van der Waals surface area contributed by atoms with Crippen LogP contribution in [-0.2, 0) is 20.7 Å². The van der Waals surface area contributed by atoms with Crippen LogP contribution in [0.4, 0.5) is 0 Å². The number of benzene rings is 1. The first-order chi connectivity index (χ1) is 12.4. The maximum Gasteiger partial charge on any atom is 0.317 e. The van der Waals surface area contributed by atoms with Crippen LogP contribution >= 0.6 is 0 Å². The Balaban J connectivity index is 2.54. The van der Waals surface area contributed by atoms with E-state index in [1.165, 1.54) is 19.3 Å². The number of allylic oxidation sites excluding steroid dienone is 1. The van der Waals surface area contributed by atoms with Gasteiger partial charge in [0, 0.05) is 29.6 Å². The molecule has 0 fully saturated rings. The lowest BCUT2D eigenvalue weighted by Gasteiger charge is -2.25. The quantitative estimate of drug-likeness (QED) is 0.563. The number of hydrogen-bond donors (Lipinski definition) is 0. The van der Waals surface area contributed by atoms with Gasteiger partial charge in [-0.1, -0.05) is 44.2 Å². The van der Waals surface area contributed by atoms with Gasteiger partial charge in [0.05, 0.1) is 19.6 Å². The van der Waals surface area contributed by atoms with Gasteiger partial charge in [-0.25, -0.2) is 0 Å². The van der Waals surface area contributed by atoms with E-state index in [-0.39, 0.29) is 24.5 Å². The standard InChI is InChI=1S/C21H22N2O3/c1-15(2)19(24)8-10-21(11-12-22,20(25)26-3)14-18-17-7-5-4-6-16(17)9-13-23-18/h4-10,13,15H,11,14H2,1-3H3/b10-8+. The van der Waals surface area contributed by atoms with Crippen molar-refractivity contribution in [3.63, 3.8) is 0 Å². The van der Waals surface area contributed by atoms with Gasteiger partial charge in [0.1, 0.15) is 5.41 Å². The summed E-state index contributed by atoms with van der Waals surface area (Å²) >= 11 is 0. The summed E-state index contributed by atoms with van der Waals surface area (Å²) in [4.78, 5) is 29.0. The molecule has 0 saturated carbocycles. The van der Waals surface area contributed by atoms with E-state index in [1.54, 1.807) is 20.0 Å². The van der Waals surface area contributed by atoms with Gasteiger partial charge >= 0.3 is 5.97 Å². The van der Waals surface area contributed by atoms with Crippen molar-refractivity contribution < 1.29 is 14.3 Å². The monoisotopic (exact) mass is 350 g/mol. The number of ether oxygens (including phenoxy) is 1. The largest absolute Gasteiger partial charge is 0.468 e. The van der Waals surface area contributed by atoms with Gasteiger partial charge in [0.15, 0.2) is 5.78 Å². The van der Waals surface area contributed by atoms with Crippen LogP contribution in [0, 0.1) is 22.7 Å². The average Bonchev–Trinajstić information content (AvgIpc) is 2.65. The van der Waals surface area contributed by atoms with Gasteiger partial charge in [0.2, 0.25) is 0 Å². The Morgan fingerprint density at radius 2 is 2.04 bits per heavy atom. The van der Waals surface area contributed by atoms with E-state index in [0.717, 1.165) is 10.8 Å². The van der Waals surface area contributed by atoms with Crippen LogP contribution in [0.5, 0.6) is 0 Å². The second-order valence-electron chi connectivity index (χ2n) is 6.53. The van der Waals surface area contributed by atoms with E-state index in [1.807, 2.05) is 30.3 Å². The topological polar surface area (TPSA) is 80.0 Å². The molecule has 0 aliphatic heterocycles. The third kappa shape index (κ3) is 4.15. The highest BCUT2D eigenvalue weighted by Crippen LogP contribution is 2.32. The zero-order valence-electron chi connectivity index (χ0n) is 15.2. The minimum atomic E-state index is -1.26. The van der Waals surface area contributed by atoms with Crippen LogP contribution in [0.25, 0.3) is 10.8 Å². The van der Waals surface area contributed by atoms with Crippen LogP contribution in [-0.4, -0.2) is 23.8 Å². The van der Waals surface area contributed by atoms with Gasteiger partial charge in [0.25, 0.3) is 0 Å². The fraction of sp³-hybridized carbons (Fsp3) is 0.333. The van der Waals surface area contributed by atoms with Gasteiger partial charge in [-0.2, -0.15) is 5.26 Å². The number of pyridine rings is 1. The lowest BCUT2D eigenvalue weighted by Crippen LogP contribution is -2.33. The molecule has 2 rings (SSSR count). The Morgan fingerprint density at radius 1 is 1.31 bits per heavy atom. The average molecular weight is 350 g/mol. The van der Waals surface area contributed by atoms with Gasteiger partial charge in [-0.15, -0.1) is 0 Å². The molecular weight excluding hydrogens is 328 g/mol. The lowest BCUT2D eigenvalue weighted by atomic mass is 9.78. The molecule has 0 aliphatic rings. The normalized spacial score (nSPS) is 13.5. The van der Waals surface area contributed by atoms with Gasteiger partial charge in [-0.3, -0.25) is 14.6 Å². The van der Waals surface area contributed by atoms with Crippen molar-refractivity contribution in [3.8, 4) is 6.07 Å². The molecule has 1 aromatic heterocycles. The number of fused-ring (bicyclic) bond motifs is 1. The predicted octanol–water partition coefficient (Wildman–Crippen LogP) is 3.63. The molecule has 1 atom stereocenters. The molecule has 0 spiro atoms. The number of nitrogens with zero attached hydrogens (tertiary/aromatic N) is 2. The van der Waals surface area contributed by atoms with Crippen LogP contribution in [0.1, 0.15) is 26.0 Å². The second-order valence-corrected chi connectivity index (χ2v) is 6.53. The molecule has 0 aliphatic carbocycles. The second kappa shape index (κ2) is 8.39. The van der Waals surface area contributed by atoms with Crippen LogP contribution in [0.3, 0.4) is 0 Å². The Bertz CT molecular complexity index is 875. The molecular formula is C21H22N2O3. The third-order valence-corrected chi connectivity index (χ3v) is 4.36. The molecule has 2 aromatic rings. The van der Waals surface area contributed by atoms with Crippen LogP contribution in [0.15, 0.2) is 48.7 Å². The van der Waals surface area contributed by atoms with Gasteiger partial charge in [-0.05, 0) is 17.5 Å². The van der Waals surface area contributed by atoms with E-state index >= 15 is 0 Å². The molecule has 1 heterocycles. The smallest absolute Gasteiger partial charge is 0.317 e. The first-order valence-electron chi connectivity index (χ1n) is 8.44. The van der Waals surface area contributed by atoms with E-state index in [9.17, 15) is 14.9 Å². The van der Waals surface area contributed by atoms with Crippen molar-refractivity contribution in [2.75, 3.05) is 7.11 Å². The van der Waals surface area contributed by atoms with Crippen LogP contribution < -0.4 is 0 Å². The molecule has 1 unspecified atom stereocenters. The number of carbonyl (C=O) groups excluding carboxylic acids is 2. The van der Waals surface area contributed by atoms with Crippen molar-refractivity contribution in [3.05, 3.63) is 54.4 Å². The first-order valence-corrected chi connectivity index (χ1v) is 8.44. The molecule has 0 amide bonds. The Kier molecular flexibility index (Phi) is 6.24. The van der Waals surface area contributed by atoms with Crippen molar-refractivity contribution >= 4 is 22.5 Å². The Labute approximate surface area is 153 Å². The highest BCUT2D eigenvalue weighted by molar-refractivity contribution is 5.93. The number of methoxy groups -OCH3 is 1. The predicted molar refractivity (Wildman–Crippen MR) is 99.1 cm³/mol. The highest BCUT2D eigenvalue weighted by Gasteiger charge is 2.38. The summed E-state index contributed by atoms with van der Waals surface area (Å²) in [6.07, 6.45) is 4.63. The summed E-state index contributed by atoms with van der Waals surface area (Å²) < 4.78 is 4.96. The number of aromatic nitrogens is 1. The number of nitriles is 1. The number of hydrogen-bond acceptors (Lipinski definition) is 5. The summed E-state index contributed by atoms with van der Waals surface area (Å²) in [5.74, 6) is -0.858. The zero-order valence-corrected chi connectivity index (χ0v) is 15.2. The minimum absolute atomic E-state index is 0.105. The van der Waals surface area contributed by atoms with Gasteiger partial charge < -0.3 is 4.74 Å². The Morgan fingerprint density at radius 3 is 2.69 bits per heavy atom. The van der Waals surface area contributed by atoms with E-state index < -0.39 is 11.4 Å². The van der Waals surface area contributed by atoms with E-state index in [4.69, 9.17) is 4.74 Å². The van der Waals surface area contributed by atoms with Crippen molar-refractivity contribution in [1.29, 1.82) is 5.26 Å². The van der Waals surface area contributed by atoms with E-state index in [0.29, 0.717) is 5.69 Å². The number of ketones is 1. The molecule has 0 bridgehead atoms. The molecule has 5 nitrogen and oxygen atoms in total. The highest BCUT2D eigenvalue weighted by atomic mass is 16.5. The fourth-order valence-electron chi connectivity index (χ4n) is 2.79. The summed E-state index contributed by atoms with van der Waals surface area (Å²) in [5.41, 5.74) is -0.573. The maximum atomic E-state index is 12.6. The molecule has 134 valence electrons. The molecule has 26 heavy (non-hydrogen) atoms. The molecule has 5 heteroatoms. The van der Waals surface area contributed by atoms with Crippen molar-refractivity contribution in [1.82, 2.24) is 4.98 Å². The molecule has 0 radical (unpaired) electrons. The summed E-state index contributed by atoms with van der Waals surface area (Å²) in [6.45, 7) is 3.56. The van der Waals surface area contributed by atoms with Crippen molar-refractivity contribution in [2.45, 2.75) is 26.7 Å². The summed E-state index contributed by atoms with van der Waals surface area (Å²) in [5, 5.41) is 11.2. The number of rotatable bonds is 7. The number of carbonyl (C=O) groups is 2. The Hall–Kier alpha value is -3.00. The minimum Gasteiger partial charge on any atom is -0.468 e. The fourth-order valence-corrected chi connectivity index (χ4v) is 2.79. The zero-order chi connectivity index (χ0) is 19.2. The molecule has 0 N–H and O–H groups in total. The lowest BCUT2D eigenvalue weighted by molar-refractivity contribution is -0.149. The molecule has 1 aromatic carbocycles. The van der Waals surface area contributed by atoms with Crippen molar-refractivity contribution in [2.24, 2.45) is 11.3 Å². The first kappa shape index (κ1) is 19.3. The SMILES string of the molecule is COC(=O)C(/C=C/C(=O)C(C)C)(CC#N)Cc1nccc2ccccc12. The summed E-state index contributed by atoms with van der Waals surface area (Å²) in [6, 6.07) is 11.7. The molecule has 0 saturated heterocycles. The van der Waals surface area contributed by atoms with Crippen LogP contribution in [0.2, 0.25) is 0 Å².